The van der Waals surface area contributed by atoms with Crippen LogP contribution in [0.25, 0.3) is 11.4 Å². The Morgan fingerprint density at radius 1 is 1.39 bits per heavy atom. The average molecular weight is 317 g/mol. The van der Waals surface area contributed by atoms with Gasteiger partial charge in [0.2, 0.25) is 5.91 Å². The van der Waals surface area contributed by atoms with Gasteiger partial charge in [-0.05, 0) is 24.5 Å². The number of anilines is 1. The standard InChI is InChI=1S/C15H19N5O3/c1-8(2)11-7-12(19-18-11)14(21)16-10-5-3-4-9(6-10)13-17-15(22)23-20-13/h3-6,8,11-12,18-19H,7H2,1-2H3,(H,16,21)(H,17,20,22). The van der Waals surface area contributed by atoms with E-state index in [2.05, 4.69) is 44.7 Å². The maximum atomic E-state index is 12.3. The summed E-state index contributed by atoms with van der Waals surface area (Å²) in [6.07, 6.45) is 0.736. The highest BCUT2D eigenvalue weighted by Crippen LogP contribution is 2.20. The number of rotatable bonds is 4. The third-order valence-electron chi connectivity index (χ3n) is 3.90. The molecule has 2 atom stereocenters. The zero-order valence-corrected chi connectivity index (χ0v) is 12.9. The smallest absolute Gasteiger partial charge is 0.325 e. The van der Waals surface area contributed by atoms with Crippen LogP contribution < -0.4 is 21.9 Å². The quantitative estimate of drug-likeness (QED) is 0.665. The number of nitrogens with zero attached hydrogens (tertiary/aromatic N) is 1. The van der Waals surface area contributed by atoms with Gasteiger partial charge in [-0.1, -0.05) is 31.1 Å². The summed E-state index contributed by atoms with van der Waals surface area (Å²) in [6.45, 7) is 4.23. The molecule has 1 amide bonds. The summed E-state index contributed by atoms with van der Waals surface area (Å²) in [6, 6.07) is 7.05. The van der Waals surface area contributed by atoms with E-state index in [-0.39, 0.29) is 18.0 Å². The van der Waals surface area contributed by atoms with E-state index in [1.807, 2.05) is 0 Å². The molecule has 4 N–H and O–H groups in total. The first-order chi connectivity index (χ1) is 11.0. The lowest BCUT2D eigenvalue weighted by Crippen LogP contribution is -2.40. The van der Waals surface area contributed by atoms with Crippen molar-refractivity contribution in [2.24, 2.45) is 5.92 Å². The van der Waals surface area contributed by atoms with E-state index >= 15 is 0 Å². The molecule has 1 fully saturated rings. The predicted octanol–water partition coefficient (Wildman–Crippen LogP) is 0.859. The van der Waals surface area contributed by atoms with E-state index in [1.54, 1.807) is 24.3 Å². The zero-order chi connectivity index (χ0) is 16.4. The van der Waals surface area contributed by atoms with Crippen LogP contribution in [-0.4, -0.2) is 28.1 Å². The van der Waals surface area contributed by atoms with Crippen molar-refractivity contribution in [2.45, 2.75) is 32.4 Å². The number of nitrogens with one attached hydrogen (secondary N) is 4. The molecule has 0 spiro atoms. The van der Waals surface area contributed by atoms with Gasteiger partial charge in [0, 0.05) is 17.3 Å². The van der Waals surface area contributed by atoms with E-state index in [9.17, 15) is 9.59 Å². The SMILES string of the molecule is CC(C)C1CC(C(=O)Nc2cccc(-c3noc(=O)[nH]3)c2)NN1. The molecular weight excluding hydrogens is 298 g/mol. The third-order valence-corrected chi connectivity index (χ3v) is 3.90. The first kappa shape index (κ1) is 15.4. The first-order valence-corrected chi connectivity index (χ1v) is 7.51. The summed E-state index contributed by atoms with van der Waals surface area (Å²) in [4.78, 5) is 25.8. The van der Waals surface area contributed by atoms with Crippen molar-refractivity contribution in [3.8, 4) is 11.4 Å². The zero-order valence-electron chi connectivity index (χ0n) is 12.9. The molecule has 8 nitrogen and oxygen atoms in total. The van der Waals surface area contributed by atoms with Crippen LogP contribution in [-0.2, 0) is 4.79 Å². The van der Waals surface area contributed by atoms with Crippen LogP contribution in [0.3, 0.4) is 0 Å². The Bertz CT molecular complexity index is 751. The predicted molar refractivity (Wildman–Crippen MR) is 84.5 cm³/mol. The van der Waals surface area contributed by atoms with E-state index < -0.39 is 5.76 Å². The molecule has 1 aromatic carbocycles. The second-order valence-electron chi connectivity index (χ2n) is 5.94. The molecule has 2 aromatic rings. The summed E-state index contributed by atoms with van der Waals surface area (Å²) in [5, 5.41) is 6.50. The normalized spacial score (nSPS) is 20.8. The molecule has 0 radical (unpaired) electrons. The highest BCUT2D eigenvalue weighted by atomic mass is 16.5. The van der Waals surface area contributed by atoms with Gasteiger partial charge in [0.15, 0.2) is 5.82 Å². The Hall–Kier alpha value is -2.45. The average Bonchev–Trinajstić information content (AvgIpc) is 3.16. The number of amides is 1. The molecule has 0 saturated carbocycles. The number of aromatic nitrogens is 2. The monoisotopic (exact) mass is 317 g/mol. The Kier molecular flexibility index (Phi) is 4.26. The first-order valence-electron chi connectivity index (χ1n) is 7.51. The van der Waals surface area contributed by atoms with Gasteiger partial charge in [-0.3, -0.25) is 19.7 Å². The number of carbonyl (C=O) groups is 1. The van der Waals surface area contributed by atoms with Gasteiger partial charge in [0.1, 0.15) is 6.04 Å². The van der Waals surface area contributed by atoms with Crippen LogP contribution in [0.2, 0.25) is 0 Å². The van der Waals surface area contributed by atoms with Crippen molar-refractivity contribution < 1.29 is 9.32 Å². The molecule has 1 saturated heterocycles. The van der Waals surface area contributed by atoms with E-state index in [0.29, 0.717) is 23.0 Å². The molecule has 8 heteroatoms. The highest BCUT2D eigenvalue weighted by molar-refractivity contribution is 5.95. The fourth-order valence-corrected chi connectivity index (χ4v) is 2.52. The van der Waals surface area contributed by atoms with Gasteiger partial charge in [-0.15, -0.1) is 0 Å². The minimum atomic E-state index is -0.615. The van der Waals surface area contributed by atoms with Gasteiger partial charge in [-0.25, -0.2) is 10.2 Å². The highest BCUT2D eigenvalue weighted by Gasteiger charge is 2.30. The Balaban J connectivity index is 1.69. The van der Waals surface area contributed by atoms with E-state index in [0.717, 1.165) is 6.42 Å². The lowest BCUT2D eigenvalue weighted by atomic mass is 9.99. The largest absolute Gasteiger partial charge is 0.439 e. The number of carbonyl (C=O) groups excluding carboxylic acids is 1. The summed E-state index contributed by atoms with van der Waals surface area (Å²) in [5.74, 6) is 0.0566. The molecule has 2 unspecified atom stereocenters. The van der Waals surface area contributed by atoms with Gasteiger partial charge in [-0.2, -0.15) is 0 Å². The second kappa shape index (κ2) is 6.35. The second-order valence-corrected chi connectivity index (χ2v) is 5.94. The summed E-state index contributed by atoms with van der Waals surface area (Å²) >= 11 is 0. The van der Waals surface area contributed by atoms with Gasteiger partial charge in [0.25, 0.3) is 0 Å². The van der Waals surface area contributed by atoms with Crippen LogP contribution in [0.5, 0.6) is 0 Å². The molecule has 122 valence electrons. The molecule has 1 aliphatic rings. The Morgan fingerprint density at radius 3 is 2.87 bits per heavy atom. The van der Waals surface area contributed by atoms with E-state index in [4.69, 9.17) is 0 Å². The van der Waals surface area contributed by atoms with Crippen LogP contribution >= 0.6 is 0 Å². The fourth-order valence-electron chi connectivity index (χ4n) is 2.52. The van der Waals surface area contributed by atoms with Crippen molar-refractivity contribution in [3.05, 3.63) is 34.8 Å². The molecule has 0 aliphatic carbocycles. The molecule has 1 aliphatic heterocycles. The van der Waals surface area contributed by atoms with Crippen molar-refractivity contribution in [1.29, 1.82) is 0 Å². The minimum absolute atomic E-state index is 0.105. The summed E-state index contributed by atoms with van der Waals surface area (Å²) in [5.41, 5.74) is 7.45. The number of benzene rings is 1. The summed E-state index contributed by atoms with van der Waals surface area (Å²) in [7, 11) is 0. The number of hydrazine groups is 1. The number of hydrogen-bond donors (Lipinski definition) is 4. The lowest BCUT2D eigenvalue weighted by Gasteiger charge is -2.13. The number of hydrogen-bond acceptors (Lipinski definition) is 6. The van der Waals surface area contributed by atoms with E-state index in [1.165, 1.54) is 0 Å². The van der Waals surface area contributed by atoms with Crippen LogP contribution in [0.1, 0.15) is 20.3 Å². The molecular formula is C15H19N5O3. The third kappa shape index (κ3) is 3.49. The molecule has 3 rings (SSSR count). The molecule has 23 heavy (non-hydrogen) atoms. The van der Waals surface area contributed by atoms with Gasteiger partial charge < -0.3 is 5.32 Å². The van der Waals surface area contributed by atoms with Crippen LogP contribution in [0.15, 0.2) is 33.6 Å². The van der Waals surface area contributed by atoms with Gasteiger partial charge in [0.05, 0.1) is 0 Å². The number of aromatic amines is 1. The molecule has 1 aromatic heterocycles. The maximum absolute atomic E-state index is 12.3. The fraction of sp³-hybridized carbons (Fsp3) is 0.400. The Labute approximate surface area is 132 Å². The summed E-state index contributed by atoms with van der Waals surface area (Å²) < 4.78 is 4.49. The van der Waals surface area contributed by atoms with Crippen molar-refractivity contribution in [3.63, 3.8) is 0 Å². The lowest BCUT2D eigenvalue weighted by molar-refractivity contribution is -0.117. The molecule has 0 bridgehead atoms. The maximum Gasteiger partial charge on any atom is 0.439 e. The number of H-pyrrole nitrogens is 1. The van der Waals surface area contributed by atoms with Crippen LogP contribution in [0.4, 0.5) is 5.69 Å². The van der Waals surface area contributed by atoms with Crippen molar-refractivity contribution >= 4 is 11.6 Å². The van der Waals surface area contributed by atoms with Gasteiger partial charge >= 0.3 is 5.76 Å². The van der Waals surface area contributed by atoms with Crippen LogP contribution in [0, 0.1) is 5.92 Å². The Morgan fingerprint density at radius 2 is 2.22 bits per heavy atom. The molecule has 2 heterocycles. The van der Waals surface area contributed by atoms with Crippen molar-refractivity contribution in [2.75, 3.05) is 5.32 Å². The topological polar surface area (TPSA) is 112 Å². The minimum Gasteiger partial charge on any atom is -0.325 e. The van der Waals surface area contributed by atoms with Crippen molar-refractivity contribution in [1.82, 2.24) is 21.0 Å².